The van der Waals surface area contributed by atoms with E-state index in [1.807, 2.05) is 62.4 Å². The zero-order valence-electron chi connectivity index (χ0n) is 18.6. The third kappa shape index (κ3) is 4.31. The smallest absolute Gasteiger partial charge is 0.271 e. The van der Waals surface area contributed by atoms with Crippen LogP contribution in [-0.2, 0) is 17.6 Å². The number of amides is 1. The second-order valence-corrected chi connectivity index (χ2v) is 7.97. The second kappa shape index (κ2) is 9.81. The van der Waals surface area contributed by atoms with Crippen LogP contribution < -0.4 is 15.6 Å². The van der Waals surface area contributed by atoms with Crippen molar-refractivity contribution < 1.29 is 9.53 Å². The largest absolute Gasteiger partial charge is 0.492 e. The lowest BCUT2D eigenvalue weighted by Gasteiger charge is -2.24. The summed E-state index contributed by atoms with van der Waals surface area (Å²) < 4.78 is 7.03. The number of ether oxygens (including phenoxy) is 1. The monoisotopic (exact) mass is 431 g/mol. The highest BCUT2D eigenvalue weighted by Crippen LogP contribution is 2.29. The summed E-state index contributed by atoms with van der Waals surface area (Å²) in [5, 5.41) is 7.71. The molecule has 2 aromatic carbocycles. The first kappa shape index (κ1) is 21.8. The first-order valence-electron chi connectivity index (χ1n) is 11.4. The molecule has 3 aromatic rings. The molecule has 0 fully saturated rings. The molecule has 32 heavy (non-hydrogen) atoms. The maximum absolute atomic E-state index is 13.4. The third-order valence-corrected chi connectivity index (χ3v) is 5.90. The van der Waals surface area contributed by atoms with E-state index < -0.39 is 6.04 Å². The van der Waals surface area contributed by atoms with E-state index >= 15 is 0 Å². The van der Waals surface area contributed by atoms with Crippen LogP contribution in [0.4, 0.5) is 5.69 Å². The quantitative estimate of drug-likeness (QED) is 0.584. The number of nitrogens with one attached hydrogen (secondary N) is 1. The Bertz CT molecular complexity index is 1150. The SMILES string of the molecule is CCOc1ccccc1NC(=O)[C@H](CC)n1nc(-c2ccccc2)c2c(c1=O)CCCC2. The Morgan fingerprint density at radius 2 is 1.72 bits per heavy atom. The van der Waals surface area contributed by atoms with Crippen molar-refractivity contribution in [3.05, 3.63) is 76.1 Å². The zero-order chi connectivity index (χ0) is 22.5. The Morgan fingerprint density at radius 3 is 2.44 bits per heavy atom. The molecule has 6 nitrogen and oxygen atoms in total. The van der Waals surface area contributed by atoms with E-state index in [4.69, 9.17) is 9.84 Å². The molecule has 1 aliphatic carbocycles. The molecule has 1 aliphatic rings. The fourth-order valence-electron chi connectivity index (χ4n) is 4.33. The minimum absolute atomic E-state index is 0.153. The van der Waals surface area contributed by atoms with Crippen molar-refractivity contribution >= 4 is 11.6 Å². The lowest BCUT2D eigenvalue weighted by Crippen LogP contribution is -2.38. The van der Waals surface area contributed by atoms with Crippen LogP contribution in [0.2, 0.25) is 0 Å². The molecule has 1 atom stereocenters. The molecule has 0 unspecified atom stereocenters. The highest BCUT2D eigenvalue weighted by molar-refractivity contribution is 5.95. The molecule has 0 bridgehead atoms. The Labute approximate surface area is 188 Å². The second-order valence-electron chi connectivity index (χ2n) is 7.97. The van der Waals surface area contributed by atoms with Gasteiger partial charge in [0.1, 0.15) is 11.8 Å². The Balaban J connectivity index is 1.76. The number of hydrogen-bond acceptors (Lipinski definition) is 4. The van der Waals surface area contributed by atoms with Gasteiger partial charge in [-0.3, -0.25) is 9.59 Å². The van der Waals surface area contributed by atoms with E-state index in [9.17, 15) is 9.59 Å². The minimum atomic E-state index is -0.716. The molecule has 1 amide bonds. The van der Waals surface area contributed by atoms with Crippen molar-refractivity contribution in [1.82, 2.24) is 9.78 Å². The van der Waals surface area contributed by atoms with Gasteiger partial charge in [-0.25, -0.2) is 4.68 Å². The summed E-state index contributed by atoms with van der Waals surface area (Å²) in [6, 6.07) is 16.5. The molecule has 0 radical (unpaired) electrons. The van der Waals surface area contributed by atoms with E-state index in [1.54, 1.807) is 6.07 Å². The van der Waals surface area contributed by atoms with E-state index in [1.165, 1.54) is 4.68 Å². The number of aromatic nitrogens is 2. The first-order valence-corrected chi connectivity index (χ1v) is 11.4. The van der Waals surface area contributed by atoms with Crippen molar-refractivity contribution in [3.63, 3.8) is 0 Å². The maximum Gasteiger partial charge on any atom is 0.271 e. The predicted molar refractivity (Wildman–Crippen MR) is 126 cm³/mol. The standard InChI is InChI=1S/C26H29N3O3/c1-3-22(25(30)27-21-16-10-11-17-23(21)32-4-2)29-26(31)20-15-9-8-14-19(20)24(28-29)18-12-6-5-7-13-18/h5-7,10-13,16-17,22H,3-4,8-9,14-15H2,1-2H3,(H,27,30)/t22-/m0/s1. The molecular formula is C26H29N3O3. The van der Waals surface area contributed by atoms with Gasteiger partial charge < -0.3 is 10.1 Å². The number of carbonyl (C=O) groups excluding carboxylic acids is 1. The van der Waals surface area contributed by atoms with Crippen LogP contribution in [0, 0.1) is 0 Å². The van der Waals surface area contributed by atoms with Gasteiger partial charge in [-0.1, -0.05) is 49.4 Å². The van der Waals surface area contributed by atoms with E-state index in [2.05, 4.69) is 5.32 Å². The van der Waals surface area contributed by atoms with E-state index in [0.29, 0.717) is 24.5 Å². The third-order valence-electron chi connectivity index (χ3n) is 5.90. The van der Waals surface area contributed by atoms with Gasteiger partial charge in [0.05, 0.1) is 18.0 Å². The van der Waals surface area contributed by atoms with Crippen LogP contribution in [-0.4, -0.2) is 22.3 Å². The van der Waals surface area contributed by atoms with Gasteiger partial charge in [0.2, 0.25) is 5.91 Å². The fourth-order valence-corrected chi connectivity index (χ4v) is 4.33. The van der Waals surface area contributed by atoms with Gasteiger partial charge in [-0.05, 0) is 56.7 Å². The number of benzene rings is 2. The van der Waals surface area contributed by atoms with Gasteiger partial charge in [0.15, 0.2) is 0 Å². The molecule has 1 heterocycles. The zero-order valence-corrected chi connectivity index (χ0v) is 18.6. The Morgan fingerprint density at radius 1 is 1.03 bits per heavy atom. The van der Waals surface area contributed by atoms with E-state index in [0.717, 1.165) is 48.1 Å². The van der Waals surface area contributed by atoms with E-state index in [-0.39, 0.29) is 11.5 Å². The molecule has 1 N–H and O–H groups in total. The van der Waals surface area contributed by atoms with Crippen molar-refractivity contribution in [2.24, 2.45) is 0 Å². The summed E-state index contributed by atoms with van der Waals surface area (Å²) >= 11 is 0. The highest BCUT2D eigenvalue weighted by atomic mass is 16.5. The number of rotatable bonds is 7. The van der Waals surface area contributed by atoms with Gasteiger partial charge in [0.25, 0.3) is 5.56 Å². The summed E-state index contributed by atoms with van der Waals surface area (Å²) in [7, 11) is 0. The topological polar surface area (TPSA) is 73.2 Å². The average Bonchev–Trinajstić information content (AvgIpc) is 2.83. The number of para-hydroxylation sites is 2. The molecule has 166 valence electrons. The number of fused-ring (bicyclic) bond motifs is 1. The highest BCUT2D eigenvalue weighted by Gasteiger charge is 2.27. The van der Waals surface area contributed by atoms with Crippen molar-refractivity contribution in [2.75, 3.05) is 11.9 Å². The number of nitrogens with zero attached hydrogens (tertiary/aromatic N) is 2. The lowest BCUT2D eigenvalue weighted by atomic mass is 9.89. The van der Waals surface area contributed by atoms with Gasteiger partial charge in [-0.15, -0.1) is 0 Å². The van der Waals surface area contributed by atoms with Gasteiger partial charge in [0, 0.05) is 11.1 Å². The molecule has 4 rings (SSSR count). The van der Waals surface area contributed by atoms with Crippen molar-refractivity contribution in [2.45, 2.75) is 52.0 Å². The van der Waals surface area contributed by atoms with Crippen LogP contribution in [0.5, 0.6) is 5.75 Å². The summed E-state index contributed by atoms with van der Waals surface area (Å²) in [6.45, 7) is 4.29. The van der Waals surface area contributed by atoms with Crippen LogP contribution in [0.1, 0.15) is 50.3 Å². The number of carbonyl (C=O) groups is 1. The summed E-state index contributed by atoms with van der Waals surface area (Å²) in [5.41, 5.74) is 4.04. The average molecular weight is 432 g/mol. The van der Waals surface area contributed by atoms with Crippen molar-refractivity contribution in [1.29, 1.82) is 0 Å². The number of anilines is 1. The van der Waals surface area contributed by atoms with Crippen molar-refractivity contribution in [3.8, 4) is 17.0 Å². The van der Waals surface area contributed by atoms with Gasteiger partial charge in [-0.2, -0.15) is 5.10 Å². The predicted octanol–water partition coefficient (Wildman–Crippen LogP) is 4.78. The summed E-state index contributed by atoms with van der Waals surface area (Å²) in [4.78, 5) is 26.7. The molecule has 0 aliphatic heterocycles. The summed E-state index contributed by atoms with van der Waals surface area (Å²) in [5.74, 6) is 0.331. The molecule has 0 saturated heterocycles. The molecular weight excluding hydrogens is 402 g/mol. The molecule has 0 saturated carbocycles. The van der Waals surface area contributed by atoms with Crippen LogP contribution in [0.3, 0.4) is 0 Å². The lowest BCUT2D eigenvalue weighted by molar-refractivity contribution is -0.119. The van der Waals surface area contributed by atoms with Crippen LogP contribution in [0.15, 0.2) is 59.4 Å². The number of hydrogen-bond donors (Lipinski definition) is 1. The Hall–Kier alpha value is -3.41. The minimum Gasteiger partial charge on any atom is -0.492 e. The molecule has 1 aromatic heterocycles. The molecule has 6 heteroatoms. The maximum atomic E-state index is 13.4. The summed E-state index contributed by atoms with van der Waals surface area (Å²) in [6.07, 6.45) is 4.03. The van der Waals surface area contributed by atoms with Crippen LogP contribution >= 0.6 is 0 Å². The Kier molecular flexibility index (Phi) is 6.69. The van der Waals surface area contributed by atoms with Crippen LogP contribution in [0.25, 0.3) is 11.3 Å². The molecule has 0 spiro atoms. The fraction of sp³-hybridized carbons (Fsp3) is 0.346. The first-order chi connectivity index (χ1) is 15.6. The normalized spacial score (nSPS) is 13.8. The van der Waals surface area contributed by atoms with Gasteiger partial charge >= 0.3 is 0 Å².